The fraction of sp³-hybridized carbons (Fsp3) is 0.500. The summed E-state index contributed by atoms with van der Waals surface area (Å²) in [5.74, 6) is 2.84. The first-order valence-electron chi connectivity index (χ1n) is 7.45. The maximum Gasteiger partial charge on any atom is 0.251 e. The molecule has 112 valence electrons. The molecule has 4 nitrogen and oxygen atoms in total. The molecule has 1 aromatic carbocycles. The minimum atomic E-state index is -0.0165. The van der Waals surface area contributed by atoms with Crippen LogP contribution in [0, 0.1) is 5.92 Å². The fourth-order valence-electron chi connectivity index (χ4n) is 2.26. The van der Waals surface area contributed by atoms with Crippen molar-refractivity contribution >= 4 is 23.6 Å². The Bertz CT molecular complexity index is 539. The van der Waals surface area contributed by atoms with Gasteiger partial charge in [0, 0.05) is 24.6 Å². The maximum absolute atomic E-state index is 12.0. The minimum absolute atomic E-state index is 0.0165. The molecule has 2 N–H and O–H groups in total. The summed E-state index contributed by atoms with van der Waals surface area (Å²) in [5, 5.41) is 5.91. The van der Waals surface area contributed by atoms with Crippen LogP contribution < -0.4 is 10.6 Å². The molecule has 1 saturated carbocycles. The molecule has 1 aliphatic carbocycles. The van der Waals surface area contributed by atoms with Crippen molar-refractivity contribution in [1.29, 1.82) is 0 Å². The zero-order valence-electron chi connectivity index (χ0n) is 11.9. The van der Waals surface area contributed by atoms with Gasteiger partial charge >= 0.3 is 0 Å². The van der Waals surface area contributed by atoms with Gasteiger partial charge in [0.15, 0.2) is 0 Å². The van der Waals surface area contributed by atoms with Crippen molar-refractivity contribution in [1.82, 2.24) is 10.6 Å². The third kappa shape index (κ3) is 4.24. The summed E-state index contributed by atoms with van der Waals surface area (Å²) in [6.45, 7) is 0.489. The normalized spacial score (nSPS) is 17.9. The van der Waals surface area contributed by atoms with Crippen LogP contribution in [0.5, 0.6) is 0 Å². The van der Waals surface area contributed by atoms with E-state index in [1.807, 2.05) is 36.0 Å². The highest BCUT2D eigenvalue weighted by molar-refractivity contribution is 8.00. The first-order valence-corrected chi connectivity index (χ1v) is 8.60. The lowest BCUT2D eigenvalue weighted by molar-refractivity contribution is -0.121. The van der Waals surface area contributed by atoms with Crippen molar-refractivity contribution in [2.24, 2.45) is 5.92 Å². The highest BCUT2D eigenvalue weighted by Crippen LogP contribution is 2.27. The summed E-state index contributed by atoms with van der Waals surface area (Å²) in [7, 11) is 0. The number of amides is 2. The quantitative estimate of drug-likeness (QED) is 0.844. The topological polar surface area (TPSA) is 58.2 Å². The number of hydrogen-bond acceptors (Lipinski definition) is 3. The van der Waals surface area contributed by atoms with Crippen LogP contribution in [0.3, 0.4) is 0 Å². The van der Waals surface area contributed by atoms with Crippen molar-refractivity contribution in [2.45, 2.75) is 31.8 Å². The van der Waals surface area contributed by atoms with Crippen molar-refractivity contribution < 1.29 is 9.59 Å². The molecule has 21 heavy (non-hydrogen) atoms. The molecule has 1 saturated heterocycles. The van der Waals surface area contributed by atoms with Crippen LogP contribution in [-0.4, -0.2) is 29.4 Å². The first kappa shape index (κ1) is 14.4. The van der Waals surface area contributed by atoms with Gasteiger partial charge in [-0.2, -0.15) is 11.8 Å². The number of thioether (sulfide) groups is 1. The Morgan fingerprint density at radius 3 is 2.71 bits per heavy atom. The van der Waals surface area contributed by atoms with E-state index in [4.69, 9.17) is 0 Å². The molecular formula is C16H20N2O2S. The molecule has 1 aliphatic heterocycles. The predicted octanol–water partition coefficient (Wildman–Crippen LogP) is 1.95. The summed E-state index contributed by atoms with van der Waals surface area (Å²) in [6, 6.07) is 7.84. The van der Waals surface area contributed by atoms with Crippen molar-refractivity contribution in [3.05, 3.63) is 35.4 Å². The number of carbonyl (C=O) groups is 2. The minimum Gasteiger partial charge on any atom is -0.352 e. The van der Waals surface area contributed by atoms with Gasteiger partial charge in [-0.05, 0) is 48.0 Å². The van der Waals surface area contributed by atoms with Gasteiger partial charge in [0.05, 0.1) is 0 Å². The average molecular weight is 304 g/mol. The molecular weight excluding hydrogens is 284 g/mol. The molecule has 0 aromatic heterocycles. The summed E-state index contributed by atoms with van der Waals surface area (Å²) < 4.78 is 0. The van der Waals surface area contributed by atoms with Gasteiger partial charge in [-0.1, -0.05) is 12.1 Å². The summed E-state index contributed by atoms with van der Waals surface area (Å²) >= 11 is 1.89. The molecule has 0 radical (unpaired) electrons. The highest BCUT2D eigenvalue weighted by Gasteiger charge is 2.24. The number of hydrogen-bond donors (Lipinski definition) is 2. The van der Waals surface area contributed by atoms with E-state index in [1.54, 1.807) is 0 Å². The van der Waals surface area contributed by atoms with Crippen LogP contribution in [0.4, 0.5) is 0 Å². The monoisotopic (exact) mass is 304 g/mol. The molecule has 0 unspecified atom stereocenters. The molecule has 2 aliphatic rings. The van der Waals surface area contributed by atoms with Gasteiger partial charge in [0.2, 0.25) is 5.91 Å². The van der Waals surface area contributed by atoms with Crippen molar-refractivity contribution in [2.75, 3.05) is 11.5 Å². The Labute approximate surface area is 129 Å². The number of carbonyl (C=O) groups excluding carboxylic acids is 2. The lowest BCUT2D eigenvalue weighted by Gasteiger charge is -2.23. The lowest BCUT2D eigenvalue weighted by Crippen LogP contribution is -2.30. The summed E-state index contributed by atoms with van der Waals surface area (Å²) in [6.07, 6.45) is 2.79. The molecule has 5 heteroatoms. The van der Waals surface area contributed by atoms with E-state index in [0.29, 0.717) is 30.5 Å². The Morgan fingerprint density at radius 2 is 2.05 bits per heavy atom. The molecule has 0 bridgehead atoms. The van der Waals surface area contributed by atoms with Gasteiger partial charge < -0.3 is 10.6 Å². The van der Waals surface area contributed by atoms with Gasteiger partial charge in [0.25, 0.3) is 5.91 Å². The molecule has 1 aromatic rings. The second-order valence-corrected chi connectivity index (χ2v) is 6.91. The van der Waals surface area contributed by atoms with Gasteiger partial charge in [-0.3, -0.25) is 9.59 Å². The Hall–Kier alpha value is -1.49. The predicted molar refractivity (Wildman–Crippen MR) is 84.2 cm³/mol. The largest absolute Gasteiger partial charge is 0.352 e. The lowest BCUT2D eigenvalue weighted by atomic mass is 10.1. The third-order valence-electron chi connectivity index (χ3n) is 3.77. The Kier molecular flexibility index (Phi) is 4.48. The summed E-state index contributed by atoms with van der Waals surface area (Å²) in [5.41, 5.74) is 1.64. The van der Waals surface area contributed by atoms with E-state index in [0.717, 1.165) is 29.9 Å². The summed E-state index contributed by atoms with van der Waals surface area (Å²) in [4.78, 5) is 23.8. The van der Waals surface area contributed by atoms with Crippen molar-refractivity contribution in [3.8, 4) is 0 Å². The maximum atomic E-state index is 12.0. The fourth-order valence-corrected chi connectivity index (χ4v) is 3.06. The average Bonchev–Trinajstić information content (AvgIpc) is 3.25. The number of nitrogens with one attached hydrogen (secondary N) is 2. The van der Waals surface area contributed by atoms with Crippen LogP contribution in [0.1, 0.15) is 35.2 Å². The molecule has 2 fully saturated rings. The molecule has 1 heterocycles. The number of benzene rings is 1. The van der Waals surface area contributed by atoms with E-state index in [9.17, 15) is 9.59 Å². The van der Waals surface area contributed by atoms with Crippen LogP contribution in [0.15, 0.2) is 24.3 Å². The Morgan fingerprint density at radius 1 is 1.24 bits per heavy atom. The van der Waals surface area contributed by atoms with Gasteiger partial charge in [-0.15, -0.1) is 0 Å². The SMILES string of the molecule is O=C(CC1CSC1)NCc1cccc(C(=O)NC2CC2)c1. The molecule has 2 amide bonds. The van der Waals surface area contributed by atoms with Crippen LogP contribution in [0.2, 0.25) is 0 Å². The second-order valence-electron chi connectivity index (χ2n) is 5.83. The smallest absolute Gasteiger partial charge is 0.251 e. The zero-order valence-corrected chi connectivity index (χ0v) is 12.7. The molecule has 0 atom stereocenters. The number of rotatable bonds is 6. The highest BCUT2D eigenvalue weighted by atomic mass is 32.2. The van der Waals surface area contributed by atoms with E-state index >= 15 is 0 Å². The van der Waals surface area contributed by atoms with Gasteiger partial charge in [-0.25, -0.2) is 0 Å². The zero-order chi connectivity index (χ0) is 14.7. The van der Waals surface area contributed by atoms with E-state index in [2.05, 4.69) is 10.6 Å². The van der Waals surface area contributed by atoms with Crippen LogP contribution in [0.25, 0.3) is 0 Å². The van der Waals surface area contributed by atoms with E-state index in [-0.39, 0.29) is 11.8 Å². The third-order valence-corrected chi connectivity index (χ3v) is 5.19. The molecule has 0 spiro atoms. The van der Waals surface area contributed by atoms with E-state index in [1.165, 1.54) is 0 Å². The van der Waals surface area contributed by atoms with Crippen LogP contribution >= 0.6 is 11.8 Å². The van der Waals surface area contributed by atoms with Crippen molar-refractivity contribution in [3.63, 3.8) is 0 Å². The second kappa shape index (κ2) is 6.52. The van der Waals surface area contributed by atoms with Gasteiger partial charge in [0.1, 0.15) is 0 Å². The standard InChI is InChI=1S/C16H20N2O2S/c19-15(7-12-9-21-10-12)17-8-11-2-1-3-13(6-11)16(20)18-14-4-5-14/h1-3,6,12,14H,4-5,7-10H2,(H,17,19)(H,18,20). The molecule has 3 rings (SSSR count). The van der Waals surface area contributed by atoms with E-state index < -0.39 is 0 Å². The first-order chi connectivity index (χ1) is 10.2. The Balaban J connectivity index is 1.50. The van der Waals surface area contributed by atoms with Crippen LogP contribution in [-0.2, 0) is 11.3 Å².